The van der Waals surface area contributed by atoms with Gasteiger partial charge in [-0.15, -0.1) is 0 Å². The number of rotatable bonds is 3. The molecule has 1 saturated carbocycles. The quantitative estimate of drug-likeness (QED) is 0.528. The molecule has 0 unspecified atom stereocenters. The van der Waals surface area contributed by atoms with E-state index >= 15 is 0 Å². The number of hydrogen-bond acceptors (Lipinski definition) is 5. The van der Waals surface area contributed by atoms with E-state index in [1.165, 1.54) is 6.20 Å². The van der Waals surface area contributed by atoms with Gasteiger partial charge in [-0.2, -0.15) is 5.10 Å². The minimum atomic E-state index is -0.523. The van der Waals surface area contributed by atoms with Crippen molar-refractivity contribution in [3.8, 4) is 11.3 Å². The molecular weight excluding hydrogens is 396 g/mol. The SMILES string of the molecule is CN(C)C(=O)c1ccccc1.O=c1[nH]cc(-c2cc(C3CC3)c3nccn3n2)c(=O)[nH]1. The van der Waals surface area contributed by atoms with Gasteiger partial charge in [0.25, 0.3) is 11.5 Å². The van der Waals surface area contributed by atoms with E-state index in [2.05, 4.69) is 20.1 Å². The van der Waals surface area contributed by atoms with Crippen LogP contribution in [0, 0.1) is 0 Å². The number of carbonyl (C=O) groups excluding carboxylic acids is 1. The molecule has 1 fully saturated rings. The van der Waals surface area contributed by atoms with Crippen LogP contribution in [0.2, 0.25) is 0 Å². The third kappa shape index (κ3) is 4.45. The lowest BCUT2D eigenvalue weighted by Gasteiger charge is -2.08. The molecule has 0 radical (unpaired) electrons. The van der Waals surface area contributed by atoms with Crippen LogP contribution in [0.3, 0.4) is 0 Å². The summed E-state index contributed by atoms with van der Waals surface area (Å²) >= 11 is 0. The number of nitrogens with one attached hydrogen (secondary N) is 2. The van der Waals surface area contributed by atoms with Gasteiger partial charge in [0.1, 0.15) is 0 Å². The predicted octanol–water partition coefficient (Wildman–Crippen LogP) is 2.04. The van der Waals surface area contributed by atoms with Gasteiger partial charge in [-0.3, -0.25) is 14.6 Å². The van der Waals surface area contributed by atoms with Gasteiger partial charge in [-0.05, 0) is 37.0 Å². The maximum atomic E-state index is 11.9. The van der Waals surface area contributed by atoms with E-state index in [0.29, 0.717) is 17.2 Å². The fraction of sp³-hybridized carbons (Fsp3) is 0.227. The van der Waals surface area contributed by atoms with Gasteiger partial charge in [0, 0.05) is 43.8 Å². The zero-order valence-corrected chi connectivity index (χ0v) is 17.2. The molecule has 0 bridgehead atoms. The van der Waals surface area contributed by atoms with Crippen LogP contribution in [0.5, 0.6) is 0 Å². The second-order valence-electron chi connectivity index (χ2n) is 7.51. The Labute approximate surface area is 177 Å². The highest BCUT2D eigenvalue weighted by Crippen LogP contribution is 2.42. The first-order valence-electron chi connectivity index (χ1n) is 9.87. The van der Waals surface area contributed by atoms with Crippen molar-refractivity contribution in [3.63, 3.8) is 0 Å². The van der Waals surface area contributed by atoms with E-state index in [1.54, 1.807) is 35.9 Å². The molecule has 4 aromatic rings. The number of amides is 1. The van der Waals surface area contributed by atoms with Gasteiger partial charge < -0.3 is 9.88 Å². The number of fused-ring (bicyclic) bond motifs is 1. The summed E-state index contributed by atoms with van der Waals surface area (Å²) in [6.07, 6.45) is 7.10. The van der Waals surface area contributed by atoms with Crippen LogP contribution in [0.1, 0.15) is 34.7 Å². The summed E-state index contributed by atoms with van der Waals surface area (Å²) in [5.41, 5.74) is 2.59. The van der Waals surface area contributed by atoms with Crippen molar-refractivity contribution in [2.24, 2.45) is 0 Å². The van der Waals surface area contributed by atoms with Crippen molar-refractivity contribution in [2.45, 2.75) is 18.8 Å². The Morgan fingerprint density at radius 1 is 1.16 bits per heavy atom. The van der Waals surface area contributed by atoms with Gasteiger partial charge in [0.2, 0.25) is 0 Å². The first-order chi connectivity index (χ1) is 14.9. The summed E-state index contributed by atoms with van der Waals surface area (Å²) < 4.78 is 1.67. The Bertz CT molecular complexity index is 1330. The molecule has 31 heavy (non-hydrogen) atoms. The number of carbonyl (C=O) groups is 1. The number of H-pyrrole nitrogens is 2. The van der Waals surface area contributed by atoms with Crippen LogP contribution in [0.25, 0.3) is 16.9 Å². The second kappa shape index (κ2) is 8.39. The zero-order valence-electron chi connectivity index (χ0n) is 17.2. The van der Waals surface area contributed by atoms with Crippen molar-refractivity contribution < 1.29 is 4.79 Å². The molecule has 0 aliphatic heterocycles. The lowest BCUT2D eigenvalue weighted by molar-refractivity contribution is 0.0827. The minimum Gasteiger partial charge on any atom is -0.345 e. The Hall–Kier alpha value is -4.01. The van der Waals surface area contributed by atoms with Crippen LogP contribution in [0.15, 0.2) is 64.6 Å². The molecular formula is C22H22N6O3. The molecule has 0 spiro atoms. The number of hydrogen-bond donors (Lipinski definition) is 2. The van der Waals surface area contributed by atoms with Crippen LogP contribution in [-0.4, -0.2) is 49.5 Å². The maximum Gasteiger partial charge on any atom is 0.325 e. The predicted molar refractivity (Wildman–Crippen MR) is 116 cm³/mol. The molecule has 3 heterocycles. The molecule has 2 N–H and O–H groups in total. The van der Waals surface area contributed by atoms with Crippen LogP contribution in [-0.2, 0) is 0 Å². The maximum absolute atomic E-state index is 11.9. The first kappa shape index (κ1) is 20.3. The second-order valence-corrected chi connectivity index (χ2v) is 7.51. The molecule has 9 heteroatoms. The van der Waals surface area contributed by atoms with Gasteiger partial charge in [0.15, 0.2) is 5.65 Å². The summed E-state index contributed by atoms with van der Waals surface area (Å²) in [6, 6.07) is 11.1. The molecule has 3 aromatic heterocycles. The van der Waals surface area contributed by atoms with Crippen molar-refractivity contribution in [3.05, 3.63) is 87.0 Å². The monoisotopic (exact) mass is 418 g/mol. The molecule has 1 aromatic carbocycles. The topological polar surface area (TPSA) is 116 Å². The summed E-state index contributed by atoms with van der Waals surface area (Å²) in [7, 11) is 3.49. The fourth-order valence-corrected chi connectivity index (χ4v) is 3.21. The normalized spacial score (nSPS) is 12.8. The molecule has 1 amide bonds. The summed E-state index contributed by atoms with van der Waals surface area (Å²) in [6.45, 7) is 0. The van der Waals surface area contributed by atoms with E-state index in [4.69, 9.17) is 0 Å². The van der Waals surface area contributed by atoms with Gasteiger partial charge >= 0.3 is 5.69 Å². The van der Waals surface area contributed by atoms with Gasteiger partial charge in [-0.1, -0.05) is 18.2 Å². The molecule has 0 saturated heterocycles. The number of nitrogens with zero attached hydrogens (tertiary/aromatic N) is 4. The molecule has 1 aliphatic carbocycles. The van der Waals surface area contributed by atoms with Crippen molar-refractivity contribution >= 4 is 11.6 Å². The fourth-order valence-electron chi connectivity index (χ4n) is 3.21. The summed E-state index contributed by atoms with van der Waals surface area (Å²) in [5, 5.41) is 4.38. The van der Waals surface area contributed by atoms with E-state index in [-0.39, 0.29) is 5.91 Å². The average molecular weight is 418 g/mol. The Kier molecular flexibility index (Phi) is 5.48. The smallest absolute Gasteiger partial charge is 0.325 e. The van der Waals surface area contributed by atoms with Crippen molar-refractivity contribution in [1.29, 1.82) is 0 Å². The van der Waals surface area contributed by atoms with Crippen molar-refractivity contribution in [1.82, 2.24) is 29.5 Å². The van der Waals surface area contributed by atoms with Crippen LogP contribution >= 0.6 is 0 Å². The minimum absolute atomic E-state index is 0.0469. The highest BCUT2D eigenvalue weighted by atomic mass is 16.2. The van der Waals surface area contributed by atoms with Crippen molar-refractivity contribution in [2.75, 3.05) is 14.1 Å². The lowest BCUT2D eigenvalue weighted by atomic mass is 10.1. The standard InChI is InChI=1S/C13H11N5O2.C9H11NO/c19-12-9(6-15-13(20)16-12)10-5-8(7-1-2-7)11-14-3-4-18(11)17-10;1-10(2)9(11)8-6-4-3-5-7-8/h3-7H,1-2H2,(H2,15,16,19,20);3-7H,1-2H3. The Morgan fingerprint density at radius 3 is 2.55 bits per heavy atom. The molecule has 158 valence electrons. The van der Waals surface area contributed by atoms with Crippen LogP contribution < -0.4 is 11.2 Å². The van der Waals surface area contributed by atoms with E-state index in [9.17, 15) is 14.4 Å². The lowest BCUT2D eigenvalue weighted by Crippen LogP contribution is -2.23. The Balaban J connectivity index is 0.000000180. The molecule has 9 nitrogen and oxygen atoms in total. The van der Waals surface area contributed by atoms with E-state index in [0.717, 1.165) is 29.6 Å². The largest absolute Gasteiger partial charge is 0.345 e. The summed E-state index contributed by atoms with van der Waals surface area (Å²) in [5.74, 6) is 0.536. The summed E-state index contributed by atoms with van der Waals surface area (Å²) in [4.78, 5) is 44.8. The number of aromatic amines is 2. The highest BCUT2D eigenvalue weighted by Gasteiger charge is 2.27. The number of aromatic nitrogens is 5. The zero-order chi connectivity index (χ0) is 22.0. The van der Waals surface area contributed by atoms with E-state index < -0.39 is 11.2 Å². The van der Waals surface area contributed by atoms with Gasteiger partial charge in [0.05, 0.1) is 11.3 Å². The molecule has 5 rings (SSSR count). The average Bonchev–Trinajstić information content (AvgIpc) is 3.50. The first-order valence-corrected chi connectivity index (χ1v) is 9.87. The Morgan fingerprint density at radius 2 is 1.90 bits per heavy atom. The number of benzene rings is 1. The number of imidazole rings is 1. The van der Waals surface area contributed by atoms with Crippen LogP contribution in [0.4, 0.5) is 0 Å². The third-order valence-corrected chi connectivity index (χ3v) is 4.93. The molecule has 1 aliphatic rings. The van der Waals surface area contributed by atoms with Gasteiger partial charge in [-0.25, -0.2) is 14.3 Å². The van der Waals surface area contributed by atoms with E-state index in [1.807, 2.05) is 36.4 Å². The molecule has 0 atom stereocenters. The third-order valence-electron chi connectivity index (χ3n) is 4.93. The highest BCUT2D eigenvalue weighted by molar-refractivity contribution is 5.93.